The molecule has 0 bridgehead atoms. The molecule has 0 aliphatic rings. The van der Waals surface area contributed by atoms with Crippen LogP contribution < -0.4 is 22.6 Å². The van der Waals surface area contributed by atoms with Crippen molar-refractivity contribution in [3.05, 3.63) is 147 Å². The van der Waals surface area contributed by atoms with Crippen molar-refractivity contribution in [2.45, 2.75) is 13.8 Å². The third-order valence-corrected chi connectivity index (χ3v) is 14.2. The van der Waals surface area contributed by atoms with Gasteiger partial charge in [0.15, 0.2) is 69.8 Å². The van der Waals surface area contributed by atoms with E-state index in [0.717, 1.165) is 0 Å². The van der Waals surface area contributed by atoms with Gasteiger partial charge >= 0.3 is 13.1 Å². The Morgan fingerprint density at radius 1 is 0.304 bits per heavy atom. The smallest absolute Gasteiger partial charge is 0.300 e. The predicted octanol–water partition coefficient (Wildman–Crippen LogP) is 7.09. The fraction of sp³-hybridized carbons (Fsp3) is 0.118. The molecule has 0 fully saturated rings. The van der Waals surface area contributed by atoms with Gasteiger partial charge in [-0.1, -0.05) is 18.2 Å². The van der Waals surface area contributed by atoms with Gasteiger partial charge < -0.3 is 4.90 Å². The van der Waals surface area contributed by atoms with Crippen molar-refractivity contribution in [3.8, 4) is 0 Å². The van der Waals surface area contributed by atoms with Gasteiger partial charge in [0.2, 0.25) is 0 Å². The molecule has 0 saturated heterocycles. The predicted molar refractivity (Wildman–Crippen MR) is 157 cm³/mol. The molecule has 0 radical (unpaired) electrons. The molecule has 0 heterocycles. The van der Waals surface area contributed by atoms with E-state index in [1.54, 1.807) is 4.90 Å². The zero-order valence-corrected chi connectivity index (χ0v) is 28.6. The van der Waals surface area contributed by atoms with Gasteiger partial charge in [-0.3, -0.25) is 0 Å². The highest BCUT2D eigenvalue weighted by atomic mass is 27.2. The number of benzene rings is 5. The topological polar surface area (TPSA) is 4.44 Å². The van der Waals surface area contributed by atoms with E-state index in [-0.39, 0.29) is 0 Å². The second-order valence-corrected chi connectivity index (χ2v) is 15.5. The quantitative estimate of drug-likeness (QED) is 0.0774. The van der Waals surface area contributed by atoms with Crippen LogP contribution in [0.1, 0.15) is 13.8 Å². The molecule has 0 amide bonds. The van der Waals surface area contributed by atoms with Crippen molar-refractivity contribution >= 4 is 36.5 Å². The van der Waals surface area contributed by atoms with Gasteiger partial charge in [-0.25, -0.2) is 87.8 Å². The first-order chi connectivity index (χ1) is 26.1. The Morgan fingerprint density at radius 3 is 0.661 bits per heavy atom. The number of hydrogen-bond acceptors (Lipinski definition) is 0. The molecule has 300 valence electrons. The first-order valence-electron chi connectivity index (χ1n) is 15.2. The summed E-state index contributed by atoms with van der Waals surface area (Å²) < 4.78 is 280. The fourth-order valence-corrected chi connectivity index (χ4v) is 12.0. The third-order valence-electron chi connectivity index (χ3n) is 8.74. The molecule has 0 saturated carbocycles. The molecule has 22 heteroatoms. The van der Waals surface area contributed by atoms with Crippen LogP contribution in [0.4, 0.5) is 93.5 Å². The van der Waals surface area contributed by atoms with Crippen molar-refractivity contribution in [3.63, 3.8) is 0 Å². The normalized spacial score (nSPS) is 11.7. The lowest BCUT2D eigenvalue weighted by atomic mass is 10.2. The van der Waals surface area contributed by atoms with Crippen molar-refractivity contribution in [2.24, 2.45) is 0 Å². The van der Waals surface area contributed by atoms with Gasteiger partial charge in [-0.05, 0) is 26.0 Å². The lowest BCUT2D eigenvalue weighted by Crippen LogP contribution is -3.06. The summed E-state index contributed by atoms with van der Waals surface area (Å²) in [5, 5.41) is 0. The molecule has 0 unspecified atom stereocenters. The van der Waals surface area contributed by atoms with Crippen molar-refractivity contribution in [1.82, 2.24) is 0 Å². The number of nitrogens with one attached hydrogen (secondary N) is 1. The van der Waals surface area contributed by atoms with Crippen LogP contribution in [0.5, 0.6) is 0 Å². The molecule has 0 aliphatic heterocycles. The lowest BCUT2D eigenvalue weighted by molar-refractivity contribution is -0.828. The van der Waals surface area contributed by atoms with E-state index in [1.807, 2.05) is 0 Å². The van der Waals surface area contributed by atoms with Gasteiger partial charge in [-0.15, -0.1) is 17.7 Å². The van der Waals surface area contributed by atoms with E-state index < -0.39 is 147 Å². The summed E-state index contributed by atoms with van der Waals surface area (Å²) >= 11 is -9.08. The molecule has 5 aromatic rings. The van der Waals surface area contributed by atoms with E-state index in [1.165, 1.54) is 18.8 Å². The molecule has 0 aromatic heterocycles. The lowest BCUT2D eigenvalue weighted by Gasteiger charge is -2.42. The minimum absolute atomic E-state index is 1.17. The number of hydrogen-bond donors (Lipinski definition) is 1. The SMILES string of the molecule is CC[NH+](CC)c1ccccc1.Fc1c(F)c(F)[c]([Al-]([c]2c(F)c(F)c(F)c(F)c2F)([c]2c(F)c(F)c(F)c(F)c2F)[c]2c(F)c(F)c(F)c(F)c2F)c(F)c1F. The minimum Gasteiger partial charge on any atom is -0.303 e. The molecule has 1 N–H and O–H groups in total. The zero-order chi connectivity index (χ0) is 42.5. The van der Waals surface area contributed by atoms with Gasteiger partial charge in [0, 0.05) is 0 Å². The minimum atomic E-state index is -9.08. The summed E-state index contributed by atoms with van der Waals surface area (Å²) in [4.78, 5) is 1.55. The molecule has 5 rings (SSSR count). The Labute approximate surface area is 302 Å². The van der Waals surface area contributed by atoms with Crippen LogP contribution in [-0.2, 0) is 0 Å². The van der Waals surface area contributed by atoms with Crippen LogP contribution in [-0.4, -0.2) is 26.2 Å². The van der Waals surface area contributed by atoms with Crippen LogP contribution in [0.15, 0.2) is 30.3 Å². The van der Waals surface area contributed by atoms with Gasteiger partial charge in [0.1, 0.15) is 52.2 Å². The summed E-state index contributed by atoms with van der Waals surface area (Å²) in [6.07, 6.45) is 0. The maximum Gasteiger partial charge on any atom is 0.300 e. The zero-order valence-electron chi connectivity index (χ0n) is 27.4. The molecule has 0 aliphatic carbocycles. The molecular weight excluding hydrogens is 829 g/mol. The second kappa shape index (κ2) is 16.3. The van der Waals surface area contributed by atoms with Gasteiger partial charge in [0.05, 0.1) is 13.1 Å². The Balaban J connectivity index is 0.000000544. The summed E-state index contributed by atoms with van der Waals surface area (Å²) in [5.74, 6) is -70.8. The third kappa shape index (κ3) is 6.64. The van der Waals surface area contributed by atoms with E-state index in [2.05, 4.69) is 44.2 Å². The molecule has 56 heavy (non-hydrogen) atoms. The molecule has 5 aromatic carbocycles. The van der Waals surface area contributed by atoms with Crippen LogP contribution in [0, 0.1) is 116 Å². The monoisotopic (exact) mass is 845 g/mol. The first kappa shape index (κ1) is 43.9. The Hall–Kier alpha value is -4.81. The Kier molecular flexibility index (Phi) is 12.8. The van der Waals surface area contributed by atoms with Crippen molar-refractivity contribution in [2.75, 3.05) is 13.1 Å². The molecule has 1 nitrogen and oxygen atoms in total. The largest absolute Gasteiger partial charge is 0.303 e. The van der Waals surface area contributed by atoms with Crippen molar-refractivity contribution in [1.29, 1.82) is 0 Å². The molecular formula is C34H16AlF20N. The number of para-hydroxylation sites is 1. The van der Waals surface area contributed by atoms with Crippen molar-refractivity contribution < 1.29 is 92.7 Å². The highest BCUT2D eigenvalue weighted by molar-refractivity contribution is 7.20. The Bertz CT molecular complexity index is 1960. The van der Waals surface area contributed by atoms with Crippen LogP contribution >= 0.6 is 0 Å². The van der Waals surface area contributed by atoms with E-state index in [9.17, 15) is 52.7 Å². The van der Waals surface area contributed by atoms with Gasteiger partial charge in [0.25, 0.3) is 0 Å². The Morgan fingerprint density at radius 2 is 0.482 bits per heavy atom. The first-order valence-corrected chi connectivity index (χ1v) is 17.5. The average Bonchev–Trinajstić information content (AvgIpc) is 3.18. The highest BCUT2D eigenvalue weighted by Crippen LogP contribution is 2.30. The summed E-state index contributed by atoms with van der Waals surface area (Å²) in [6.45, 7) is 6.76. The van der Waals surface area contributed by atoms with E-state index in [4.69, 9.17) is 0 Å². The van der Waals surface area contributed by atoms with Crippen LogP contribution in [0.25, 0.3) is 0 Å². The fourth-order valence-electron chi connectivity index (χ4n) is 6.21. The standard InChI is InChI=1S/C10H15N.4C6F5.Al/c1-3-11(4-2)10-8-6-5-7-9-10;4*7-2-1-3(8)5(10)6(11)4(2)9;/h5-9H,3-4H2,1-2H3;;;;;/q;;;;;-1/p+1. The molecule has 0 spiro atoms. The highest BCUT2D eigenvalue weighted by Gasteiger charge is 2.55. The van der Waals surface area contributed by atoms with E-state index >= 15 is 35.1 Å². The summed E-state index contributed by atoms with van der Waals surface area (Å²) in [6, 6.07) is 10.6. The van der Waals surface area contributed by atoms with Crippen LogP contribution in [0.2, 0.25) is 0 Å². The second-order valence-electron chi connectivity index (χ2n) is 11.5. The van der Waals surface area contributed by atoms with Crippen LogP contribution in [0.3, 0.4) is 0 Å². The number of halogens is 20. The van der Waals surface area contributed by atoms with Gasteiger partial charge in [-0.2, -0.15) is 0 Å². The van der Waals surface area contributed by atoms with E-state index in [0.29, 0.717) is 0 Å². The average molecular weight is 845 g/mol. The maximum absolute atomic E-state index is 15.4. The number of quaternary nitrogens is 1. The molecule has 0 atom stereocenters. The maximum atomic E-state index is 15.4. The number of rotatable bonds is 7. The summed E-state index contributed by atoms with van der Waals surface area (Å²) in [5.41, 5.74) is 1.40. The summed E-state index contributed by atoms with van der Waals surface area (Å²) in [7, 11) is 0.